The molecule has 5 rings (SSSR count). The van der Waals surface area contributed by atoms with E-state index in [0.29, 0.717) is 19.6 Å². The highest BCUT2D eigenvalue weighted by molar-refractivity contribution is 5.97. The van der Waals surface area contributed by atoms with Crippen molar-refractivity contribution in [1.29, 1.82) is 0 Å². The number of nitrogens with one attached hydrogen (secondary N) is 2. The fourth-order valence-corrected chi connectivity index (χ4v) is 4.35. The molecule has 1 saturated carbocycles. The summed E-state index contributed by atoms with van der Waals surface area (Å²) in [6.07, 6.45) is 1.49. The molecule has 3 heterocycles. The first-order valence-electron chi connectivity index (χ1n) is 9.67. The summed E-state index contributed by atoms with van der Waals surface area (Å²) in [5.41, 5.74) is -1.32. The minimum Gasteiger partial charge on any atom is -0.494 e. The van der Waals surface area contributed by atoms with Crippen molar-refractivity contribution < 1.29 is 13.9 Å². The second-order valence-corrected chi connectivity index (χ2v) is 7.89. The number of rotatable bonds is 2. The molecule has 9 heteroatoms. The van der Waals surface area contributed by atoms with Gasteiger partial charge in [-0.25, -0.2) is 8.78 Å². The Morgan fingerprint density at radius 1 is 1.21 bits per heavy atom. The lowest BCUT2D eigenvalue weighted by molar-refractivity contribution is 0.458. The molecule has 29 heavy (non-hydrogen) atoms. The van der Waals surface area contributed by atoms with E-state index in [-0.39, 0.29) is 39.6 Å². The van der Waals surface area contributed by atoms with Crippen LogP contribution in [0, 0.1) is 11.6 Å². The molecule has 2 fully saturated rings. The first-order valence-corrected chi connectivity index (χ1v) is 9.67. The number of benzene rings is 1. The zero-order valence-electron chi connectivity index (χ0n) is 15.8. The minimum absolute atomic E-state index is 0.0161. The van der Waals surface area contributed by atoms with Gasteiger partial charge in [0.1, 0.15) is 16.9 Å². The minimum atomic E-state index is -0.813. The predicted molar refractivity (Wildman–Crippen MR) is 106 cm³/mol. The fraction of sp³-hybridized carbons (Fsp3) is 0.400. The molecule has 2 aromatic heterocycles. The molecule has 0 radical (unpaired) electrons. The first kappa shape index (κ1) is 18.1. The van der Waals surface area contributed by atoms with Crippen molar-refractivity contribution in [3.63, 3.8) is 0 Å². The summed E-state index contributed by atoms with van der Waals surface area (Å²) in [6, 6.07) is 2.18. The van der Waals surface area contributed by atoms with E-state index in [9.17, 15) is 14.7 Å². The monoisotopic (exact) mass is 402 g/mol. The van der Waals surface area contributed by atoms with Gasteiger partial charge in [0, 0.05) is 37.8 Å². The van der Waals surface area contributed by atoms with Gasteiger partial charge < -0.3 is 19.9 Å². The number of piperazine rings is 1. The van der Waals surface area contributed by atoms with Crippen LogP contribution in [0.4, 0.5) is 14.5 Å². The smallest absolute Gasteiger partial charge is 0.252 e. The van der Waals surface area contributed by atoms with E-state index in [2.05, 4.69) is 10.3 Å². The standard InChI is InChI=1S/C20H20F2N4O3/c1-9-8-25(5-4-23-9)18-12(21)6-11-17(16(18)22)26(10-2-3-10)13-7-14(27)24-20(29)15(13)19(11)28/h6-7,9-10,23H,2-5,8H2,1H3,(H2,24,27,29). The van der Waals surface area contributed by atoms with Crippen LogP contribution in [-0.4, -0.2) is 40.3 Å². The summed E-state index contributed by atoms with van der Waals surface area (Å²) in [5, 5.41) is 13.1. The normalized spacial score (nSPS) is 20.0. The third-order valence-electron chi connectivity index (χ3n) is 5.74. The number of H-pyrrole nitrogens is 1. The molecule has 1 aliphatic carbocycles. The maximum Gasteiger partial charge on any atom is 0.252 e. The van der Waals surface area contributed by atoms with Crippen molar-refractivity contribution >= 4 is 27.5 Å². The van der Waals surface area contributed by atoms with Crippen LogP contribution in [0.3, 0.4) is 0 Å². The van der Waals surface area contributed by atoms with Crippen LogP contribution in [0.2, 0.25) is 0 Å². The Morgan fingerprint density at radius 2 is 1.97 bits per heavy atom. The van der Waals surface area contributed by atoms with E-state index >= 15 is 8.78 Å². The van der Waals surface area contributed by atoms with Gasteiger partial charge >= 0.3 is 0 Å². The highest BCUT2D eigenvalue weighted by Crippen LogP contribution is 2.42. The van der Waals surface area contributed by atoms with Gasteiger partial charge in [0.2, 0.25) is 11.3 Å². The highest BCUT2D eigenvalue weighted by atomic mass is 19.1. The number of nitrogens with zero attached hydrogens (tertiary/aromatic N) is 2. The molecule has 7 nitrogen and oxygen atoms in total. The van der Waals surface area contributed by atoms with Gasteiger partial charge in [-0.3, -0.25) is 14.6 Å². The Hall–Kier alpha value is -2.94. The number of aromatic nitrogens is 2. The topological polar surface area (TPSA) is 90.4 Å². The number of halogens is 2. The van der Waals surface area contributed by atoms with Crippen molar-refractivity contribution in [3.8, 4) is 5.88 Å². The van der Waals surface area contributed by atoms with Crippen molar-refractivity contribution in [2.45, 2.75) is 31.8 Å². The van der Waals surface area contributed by atoms with Crippen molar-refractivity contribution in [2.24, 2.45) is 0 Å². The van der Waals surface area contributed by atoms with Gasteiger partial charge in [0.25, 0.3) is 5.56 Å². The third-order valence-corrected chi connectivity index (χ3v) is 5.74. The zero-order valence-corrected chi connectivity index (χ0v) is 15.8. The lowest BCUT2D eigenvalue weighted by atomic mass is 10.1. The van der Waals surface area contributed by atoms with Crippen LogP contribution in [0.25, 0.3) is 21.8 Å². The quantitative estimate of drug-likeness (QED) is 0.570. The molecule has 3 aromatic rings. The van der Waals surface area contributed by atoms with Gasteiger partial charge in [-0.2, -0.15) is 0 Å². The SMILES string of the molecule is CC1CN(c2c(F)cc3c(=O)c4c(O)[nH]c(=O)cc4n(C4CC4)c3c2F)CCN1. The van der Waals surface area contributed by atoms with E-state index in [4.69, 9.17) is 0 Å². The number of hydrogen-bond donors (Lipinski definition) is 3. The van der Waals surface area contributed by atoms with Crippen LogP contribution < -0.4 is 21.2 Å². The van der Waals surface area contributed by atoms with Gasteiger partial charge in [0.15, 0.2) is 5.82 Å². The molecule has 0 amide bonds. The molecule has 1 saturated heterocycles. The predicted octanol–water partition coefficient (Wildman–Crippen LogP) is 1.96. The molecule has 1 atom stereocenters. The molecule has 3 N–H and O–H groups in total. The van der Waals surface area contributed by atoms with Crippen LogP contribution in [0.15, 0.2) is 21.7 Å². The zero-order chi connectivity index (χ0) is 20.4. The number of anilines is 1. The van der Waals surface area contributed by atoms with E-state index < -0.39 is 28.5 Å². The molecule has 152 valence electrons. The average molecular weight is 402 g/mol. The lowest BCUT2D eigenvalue weighted by Crippen LogP contribution is -2.49. The highest BCUT2D eigenvalue weighted by Gasteiger charge is 2.32. The van der Waals surface area contributed by atoms with Gasteiger partial charge in [-0.05, 0) is 25.8 Å². The average Bonchev–Trinajstić information content (AvgIpc) is 3.47. The van der Waals surface area contributed by atoms with Gasteiger partial charge in [0.05, 0.1) is 16.4 Å². The largest absolute Gasteiger partial charge is 0.494 e. The molecule has 1 unspecified atom stereocenters. The number of fused-ring (bicyclic) bond motifs is 2. The Morgan fingerprint density at radius 3 is 2.66 bits per heavy atom. The van der Waals surface area contributed by atoms with Crippen molar-refractivity contribution in [2.75, 3.05) is 24.5 Å². The molecule has 2 aliphatic rings. The molecular weight excluding hydrogens is 382 g/mol. The van der Waals surface area contributed by atoms with Crippen LogP contribution in [-0.2, 0) is 0 Å². The molecule has 1 aliphatic heterocycles. The van der Waals surface area contributed by atoms with E-state index in [1.807, 2.05) is 6.92 Å². The lowest BCUT2D eigenvalue weighted by Gasteiger charge is -2.34. The Kier molecular flexibility index (Phi) is 3.92. The Balaban J connectivity index is 1.91. The first-order chi connectivity index (χ1) is 13.9. The number of aromatic amines is 1. The summed E-state index contributed by atoms with van der Waals surface area (Å²) < 4.78 is 32.4. The fourth-order valence-electron chi connectivity index (χ4n) is 4.35. The third kappa shape index (κ3) is 2.71. The Labute approximate surface area is 163 Å². The van der Waals surface area contributed by atoms with Crippen LogP contribution >= 0.6 is 0 Å². The second kappa shape index (κ2) is 6.28. The summed E-state index contributed by atoms with van der Waals surface area (Å²) in [5.74, 6) is -2.21. The van der Waals surface area contributed by atoms with Crippen molar-refractivity contribution in [3.05, 3.63) is 44.3 Å². The number of pyridine rings is 2. The molecular formula is C20H20F2N4O3. The van der Waals surface area contributed by atoms with Gasteiger partial charge in [-0.15, -0.1) is 0 Å². The molecule has 0 bridgehead atoms. The summed E-state index contributed by atoms with van der Waals surface area (Å²) in [4.78, 5) is 28.8. The van der Waals surface area contributed by atoms with E-state index in [0.717, 1.165) is 18.9 Å². The van der Waals surface area contributed by atoms with Crippen LogP contribution in [0.1, 0.15) is 25.8 Å². The maximum atomic E-state index is 15.8. The van der Waals surface area contributed by atoms with Crippen molar-refractivity contribution in [1.82, 2.24) is 14.9 Å². The number of aromatic hydroxyl groups is 1. The van der Waals surface area contributed by atoms with E-state index in [1.54, 1.807) is 9.47 Å². The molecule has 1 aromatic carbocycles. The van der Waals surface area contributed by atoms with Gasteiger partial charge in [-0.1, -0.05) is 0 Å². The molecule has 0 spiro atoms. The summed E-state index contributed by atoms with van der Waals surface area (Å²) >= 11 is 0. The summed E-state index contributed by atoms with van der Waals surface area (Å²) in [6.45, 7) is 3.40. The van der Waals surface area contributed by atoms with E-state index in [1.165, 1.54) is 6.07 Å². The number of hydrogen-bond acceptors (Lipinski definition) is 5. The van der Waals surface area contributed by atoms with Crippen LogP contribution in [0.5, 0.6) is 5.88 Å². The summed E-state index contributed by atoms with van der Waals surface area (Å²) in [7, 11) is 0. The maximum absolute atomic E-state index is 15.8. The Bertz CT molecular complexity index is 1280. The second-order valence-electron chi connectivity index (χ2n) is 7.89.